The SMILES string of the molecule is CCN(CC(=O)Nc1cccc(OC)c1)C(=O)Cc1csc(-c2ccccc2)n1. The molecule has 0 saturated carbocycles. The van der Waals surface area contributed by atoms with Gasteiger partial charge in [-0.15, -0.1) is 11.3 Å². The summed E-state index contributed by atoms with van der Waals surface area (Å²) >= 11 is 1.51. The molecule has 2 amide bonds. The fourth-order valence-corrected chi connectivity index (χ4v) is 3.65. The molecule has 3 aromatic rings. The minimum absolute atomic E-state index is 0.0117. The van der Waals surface area contributed by atoms with Crippen molar-refractivity contribution >= 4 is 28.8 Å². The molecule has 0 aliphatic rings. The number of methoxy groups -OCH3 is 1. The van der Waals surface area contributed by atoms with Crippen molar-refractivity contribution in [1.29, 1.82) is 0 Å². The zero-order chi connectivity index (χ0) is 20.6. The van der Waals surface area contributed by atoms with Gasteiger partial charge < -0.3 is 15.0 Å². The average molecular weight is 410 g/mol. The Balaban J connectivity index is 1.58. The second-order valence-corrected chi connectivity index (χ2v) is 7.23. The second kappa shape index (κ2) is 9.84. The smallest absolute Gasteiger partial charge is 0.243 e. The number of carbonyl (C=O) groups is 2. The number of anilines is 1. The molecule has 0 aliphatic carbocycles. The van der Waals surface area contributed by atoms with Crippen LogP contribution in [0.5, 0.6) is 5.75 Å². The molecule has 7 heteroatoms. The Morgan fingerprint density at radius 3 is 2.66 bits per heavy atom. The van der Waals surface area contributed by atoms with E-state index in [1.54, 1.807) is 31.4 Å². The molecule has 29 heavy (non-hydrogen) atoms. The summed E-state index contributed by atoms with van der Waals surface area (Å²) in [6.45, 7) is 2.29. The lowest BCUT2D eigenvalue weighted by Gasteiger charge is -2.20. The van der Waals surface area contributed by atoms with E-state index in [0.29, 0.717) is 23.7 Å². The van der Waals surface area contributed by atoms with Crippen molar-refractivity contribution in [2.45, 2.75) is 13.3 Å². The highest BCUT2D eigenvalue weighted by Gasteiger charge is 2.18. The zero-order valence-electron chi connectivity index (χ0n) is 16.4. The number of rotatable bonds is 8. The van der Waals surface area contributed by atoms with Crippen molar-refractivity contribution in [2.75, 3.05) is 25.5 Å². The van der Waals surface area contributed by atoms with Crippen LogP contribution in [-0.2, 0) is 16.0 Å². The standard InChI is InChI=1S/C22H23N3O3S/c1-3-25(14-20(26)23-17-10-7-11-19(12-17)28-2)21(27)13-18-15-29-22(24-18)16-8-5-4-6-9-16/h4-12,15H,3,13-14H2,1-2H3,(H,23,26). The van der Waals surface area contributed by atoms with Crippen molar-refractivity contribution in [3.05, 3.63) is 65.7 Å². The lowest BCUT2D eigenvalue weighted by molar-refractivity contribution is -0.133. The minimum atomic E-state index is -0.253. The number of benzene rings is 2. The maximum atomic E-state index is 12.7. The third-order valence-corrected chi connectivity index (χ3v) is 5.27. The number of hydrogen-bond acceptors (Lipinski definition) is 5. The minimum Gasteiger partial charge on any atom is -0.497 e. The van der Waals surface area contributed by atoms with Gasteiger partial charge in [0.25, 0.3) is 0 Å². The van der Waals surface area contributed by atoms with Crippen LogP contribution in [0.4, 0.5) is 5.69 Å². The number of amides is 2. The van der Waals surface area contributed by atoms with Crippen LogP contribution >= 0.6 is 11.3 Å². The van der Waals surface area contributed by atoms with Crippen LogP contribution in [0, 0.1) is 0 Å². The van der Waals surface area contributed by atoms with Gasteiger partial charge in [0.15, 0.2) is 0 Å². The van der Waals surface area contributed by atoms with Crippen LogP contribution in [-0.4, -0.2) is 41.9 Å². The van der Waals surface area contributed by atoms with E-state index in [0.717, 1.165) is 10.6 Å². The van der Waals surface area contributed by atoms with Gasteiger partial charge in [-0.2, -0.15) is 0 Å². The predicted octanol–water partition coefficient (Wildman–Crippen LogP) is 3.85. The van der Waals surface area contributed by atoms with Crippen LogP contribution in [0.3, 0.4) is 0 Å². The van der Waals surface area contributed by atoms with E-state index in [1.165, 1.54) is 16.2 Å². The summed E-state index contributed by atoms with van der Waals surface area (Å²) in [6, 6.07) is 17.0. The Kier molecular flexibility index (Phi) is 6.97. The van der Waals surface area contributed by atoms with Crippen LogP contribution in [0.25, 0.3) is 10.6 Å². The first-order chi connectivity index (χ1) is 14.1. The highest BCUT2D eigenvalue weighted by Crippen LogP contribution is 2.23. The Labute approximate surface area is 174 Å². The molecule has 0 spiro atoms. The van der Waals surface area contributed by atoms with Gasteiger partial charge in [-0.05, 0) is 19.1 Å². The summed E-state index contributed by atoms with van der Waals surface area (Å²) in [7, 11) is 1.57. The molecule has 0 fully saturated rings. The van der Waals surface area contributed by atoms with Crippen molar-refractivity contribution < 1.29 is 14.3 Å². The molecule has 0 saturated heterocycles. The molecule has 1 N–H and O–H groups in total. The van der Waals surface area contributed by atoms with Crippen molar-refractivity contribution in [3.63, 3.8) is 0 Å². The van der Waals surface area contributed by atoms with Gasteiger partial charge in [0.1, 0.15) is 10.8 Å². The van der Waals surface area contributed by atoms with Gasteiger partial charge in [0.05, 0.1) is 25.8 Å². The third kappa shape index (κ3) is 5.65. The monoisotopic (exact) mass is 409 g/mol. The first kappa shape index (κ1) is 20.5. The molecule has 0 atom stereocenters. The van der Waals surface area contributed by atoms with E-state index >= 15 is 0 Å². The predicted molar refractivity (Wildman–Crippen MR) is 115 cm³/mol. The summed E-state index contributed by atoms with van der Waals surface area (Å²) in [5.74, 6) is 0.277. The largest absolute Gasteiger partial charge is 0.497 e. The molecule has 3 rings (SSSR count). The van der Waals surface area contributed by atoms with Gasteiger partial charge in [-0.25, -0.2) is 4.98 Å². The maximum Gasteiger partial charge on any atom is 0.243 e. The molecule has 0 aliphatic heterocycles. The van der Waals surface area contributed by atoms with Crippen molar-refractivity contribution in [1.82, 2.24) is 9.88 Å². The number of carbonyl (C=O) groups excluding carboxylic acids is 2. The molecule has 0 radical (unpaired) electrons. The van der Waals surface area contributed by atoms with Gasteiger partial charge in [-0.1, -0.05) is 36.4 Å². The topological polar surface area (TPSA) is 71.5 Å². The van der Waals surface area contributed by atoms with E-state index < -0.39 is 0 Å². The number of aromatic nitrogens is 1. The average Bonchev–Trinajstić information content (AvgIpc) is 3.21. The van der Waals surface area contributed by atoms with E-state index in [-0.39, 0.29) is 24.8 Å². The number of thiazole rings is 1. The first-order valence-corrected chi connectivity index (χ1v) is 10.2. The Bertz CT molecular complexity index is 972. The van der Waals surface area contributed by atoms with Crippen LogP contribution in [0.2, 0.25) is 0 Å². The summed E-state index contributed by atoms with van der Waals surface area (Å²) in [5, 5.41) is 5.57. The van der Waals surface area contributed by atoms with Crippen molar-refractivity contribution in [3.8, 4) is 16.3 Å². The molecule has 0 bridgehead atoms. The summed E-state index contributed by atoms with van der Waals surface area (Å²) < 4.78 is 5.16. The number of ether oxygens (including phenoxy) is 1. The maximum absolute atomic E-state index is 12.7. The van der Waals surface area contributed by atoms with E-state index in [2.05, 4.69) is 10.3 Å². The Morgan fingerprint density at radius 2 is 1.93 bits per heavy atom. The number of nitrogens with one attached hydrogen (secondary N) is 1. The molecule has 2 aromatic carbocycles. The fraction of sp³-hybridized carbons (Fsp3) is 0.227. The lowest BCUT2D eigenvalue weighted by Crippen LogP contribution is -2.38. The van der Waals surface area contributed by atoms with Crippen LogP contribution in [0.1, 0.15) is 12.6 Å². The van der Waals surface area contributed by atoms with Gasteiger partial charge in [-0.3, -0.25) is 9.59 Å². The molecule has 6 nitrogen and oxygen atoms in total. The van der Waals surface area contributed by atoms with Crippen LogP contribution < -0.4 is 10.1 Å². The summed E-state index contributed by atoms with van der Waals surface area (Å²) in [5.41, 5.74) is 2.37. The molecular weight excluding hydrogens is 386 g/mol. The Morgan fingerprint density at radius 1 is 1.14 bits per heavy atom. The van der Waals surface area contributed by atoms with E-state index in [9.17, 15) is 9.59 Å². The van der Waals surface area contributed by atoms with Gasteiger partial charge in [0.2, 0.25) is 11.8 Å². The molecule has 1 heterocycles. The van der Waals surface area contributed by atoms with Crippen LogP contribution in [0.15, 0.2) is 60.0 Å². The molecule has 0 unspecified atom stereocenters. The van der Waals surface area contributed by atoms with Crippen molar-refractivity contribution in [2.24, 2.45) is 0 Å². The third-order valence-electron chi connectivity index (χ3n) is 4.33. The Hall–Kier alpha value is -3.19. The normalized spacial score (nSPS) is 10.4. The molecular formula is C22H23N3O3S. The highest BCUT2D eigenvalue weighted by molar-refractivity contribution is 7.13. The number of hydrogen-bond donors (Lipinski definition) is 1. The fourth-order valence-electron chi connectivity index (χ4n) is 2.82. The number of nitrogens with zero attached hydrogens (tertiary/aromatic N) is 2. The van der Waals surface area contributed by atoms with Gasteiger partial charge >= 0.3 is 0 Å². The van der Waals surface area contributed by atoms with Gasteiger partial charge in [0, 0.05) is 29.2 Å². The highest BCUT2D eigenvalue weighted by atomic mass is 32.1. The second-order valence-electron chi connectivity index (χ2n) is 6.37. The zero-order valence-corrected chi connectivity index (χ0v) is 17.2. The van der Waals surface area contributed by atoms with E-state index in [4.69, 9.17) is 4.74 Å². The lowest BCUT2D eigenvalue weighted by atomic mass is 10.2. The first-order valence-electron chi connectivity index (χ1n) is 9.30. The molecule has 150 valence electrons. The number of likely N-dealkylation sites (N-methyl/N-ethyl adjacent to an activating group) is 1. The molecule has 1 aromatic heterocycles. The summed E-state index contributed by atoms with van der Waals surface area (Å²) in [4.78, 5) is 31.1. The quantitative estimate of drug-likeness (QED) is 0.613. The van der Waals surface area contributed by atoms with E-state index in [1.807, 2.05) is 42.6 Å². The summed E-state index contributed by atoms with van der Waals surface area (Å²) in [6.07, 6.45) is 0.170.